The summed E-state index contributed by atoms with van der Waals surface area (Å²) in [7, 11) is 0. The molecule has 18 heavy (non-hydrogen) atoms. The molecule has 3 nitrogen and oxygen atoms in total. The van der Waals surface area contributed by atoms with Gasteiger partial charge in [0.1, 0.15) is 0 Å². The Balaban J connectivity index is 2.64. The van der Waals surface area contributed by atoms with Gasteiger partial charge < -0.3 is 10.3 Å². The molecule has 1 unspecified atom stereocenters. The highest BCUT2D eigenvalue weighted by molar-refractivity contribution is 6.30. The topological polar surface area (TPSA) is 48.0 Å². The molecule has 0 aliphatic carbocycles. The Hall–Kier alpha value is -1.58. The van der Waals surface area contributed by atoms with Gasteiger partial charge in [0.25, 0.3) is 0 Å². The molecular weight excluding hydrogens is 248 g/mol. The van der Waals surface area contributed by atoms with Crippen LogP contribution >= 0.6 is 11.6 Å². The minimum Gasteiger partial charge on any atom is -0.324 e. The maximum atomic E-state index is 11.8. The van der Waals surface area contributed by atoms with Crippen molar-refractivity contribution in [1.29, 1.82) is 0 Å². The highest BCUT2D eigenvalue weighted by atomic mass is 35.5. The van der Waals surface area contributed by atoms with Gasteiger partial charge >= 0.3 is 0 Å². The normalized spacial score (nSPS) is 12.4. The zero-order valence-corrected chi connectivity index (χ0v) is 11.1. The third-order valence-electron chi connectivity index (χ3n) is 2.85. The van der Waals surface area contributed by atoms with Crippen LogP contribution in [0, 0.1) is 6.92 Å². The Morgan fingerprint density at radius 1 is 1.33 bits per heavy atom. The Bertz CT molecular complexity index is 632. The Kier molecular flexibility index (Phi) is 3.55. The molecule has 0 aliphatic heterocycles. The van der Waals surface area contributed by atoms with Crippen molar-refractivity contribution < 1.29 is 0 Å². The molecule has 1 aromatic carbocycles. The Labute approximate surface area is 111 Å². The van der Waals surface area contributed by atoms with Crippen molar-refractivity contribution in [3.05, 3.63) is 63.0 Å². The van der Waals surface area contributed by atoms with Crippen LogP contribution in [0.5, 0.6) is 0 Å². The minimum atomic E-state index is -0.288. The number of nitrogens with two attached hydrogens (primary N) is 1. The van der Waals surface area contributed by atoms with Gasteiger partial charge in [0, 0.05) is 40.3 Å². The standard InChI is InChI=1S/C14H15ClN2O/c1-9-6-14(18)13(10(2)16)8-17(9)12-5-3-4-11(15)7-12/h3-8,10H,16H2,1-2H3. The van der Waals surface area contributed by atoms with Gasteiger partial charge in [0.05, 0.1) is 0 Å². The molecule has 2 rings (SSSR count). The van der Waals surface area contributed by atoms with Crippen molar-refractivity contribution in [3.8, 4) is 5.69 Å². The molecule has 0 fully saturated rings. The van der Waals surface area contributed by atoms with Crippen LogP contribution in [0.15, 0.2) is 41.3 Å². The van der Waals surface area contributed by atoms with Crippen LogP contribution in [0.4, 0.5) is 0 Å². The molecule has 2 N–H and O–H groups in total. The van der Waals surface area contributed by atoms with E-state index in [0.29, 0.717) is 10.6 Å². The fraction of sp³-hybridized carbons (Fsp3) is 0.214. The van der Waals surface area contributed by atoms with Gasteiger partial charge in [-0.15, -0.1) is 0 Å². The van der Waals surface area contributed by atoms with E-state index in [9.17, 15) is 4.79 Å². The summed E-state index contributed by atoms with van der Waals surface area (Å²) in [6.07, 6.45) is 1.79. The van der Waals surface area contributed by atoms with E-state index in [1.54, 1.807) is 19.2 Å². The fourth-order valence-corrected chi connectivity index (χ4v) is 2.08. The Morgan fingerprint density at radius 3 is 2.67 bits per heavy atom. The molecule has 2 aromatic rings. The number of halogens is 1. The zero-order valence-electron chi connectivity index (χ0n) is 10.4. The lowest BCUT2D eigenvalue weighted by atomic mass is 10.1. The number of nitrogens with zero attached hydrogens (tertiary/aromatic N) is 1. The monoisotopic (exact) mass is 262 g/mol. The highest BCUT2D eigenvalue weighted by Gasteiger charge is 2.09. The first kappa shape index (κ1) is 12.9. The van der Waals surface area contributed by atoms with Crippen molar-refractivity contribution >= 4 is 11.6 Å². The second-order valence-corrected chi connectivity index (χ2v) is 4.81. The summed E-state index contributed by atoms with van der Waals surface area (Å²) in [5.41, 5.74) is 8.14. The van der Waals surface area contributed by atoms with Crippen LogP contribution in [0.1, 0.15) is 24.2 Å². The van der Waals surface area contributed by atoms with Crippen molar-refractivity contribution in [2.75, 3.05) is 0 Å². The fourth-order valence-electron chi connectivity index (χ4n) is 1.89. The first-order chi connectivity index (χ1) is 8.49. The molecule has 1 atom stereocenters. The molecule has 1 aromatic heterocycles. The molecule has 0 spiro atoms. The van der Waals surface area contributed by atoms with Gasteiger partial charge in [-0.05, 0) is 32.0 Å². The molecule has 0 aliphatic rings. The maximum absolute atomic E-state index is 11.8. The predicted octanol–water partition coefficient (Wildman–Crippen LogP) is 2.82. The highest BCUT2D eigenvalue weighted by Crippen LogP contribution is 2.17. The van der Waals surface area contributed by atoms with Crippen LogP contribution in [-0.2, 0) is 0 Å². The smallest absolute Gasteiger partial charge is 0.186 e. The number of aryl methyl sites for hydroxylation is 1. The average Bonchev–Trinajstić information content (AvgIpc) is 2.28. The quantitative estimate of drug-likeness (QED) is 0.905. The average molecular weight is 263 g/mol. The molecule has 94 valence electrons. The second kappa shape index (κ2) is 4.96. The summed E-state index contributed by atoms with van der Waals surface area (Å²) in [6.45, 7) is 3.68. The third kappa shape index (κ3) is 2.47. The van der Waals surface area contributed by atoms with Gasteiger partial charge in [0.15, 0.2) is 5.43 Å². The largest absolute Gasteiger partial charge is 0.324 e. The molecule has 0 saturated carbocycles. The van der Waals surface area contributed by atoms with Gasteiger partial charge in [0.2, 0.25) is 0 Å². The molecular formula is C14H15ClN2O. The van der Waals surface area contributed by atoms with Crippen LogP contribution in [0.2, 0.25) is 5.02 Å². The first-order valence-corrected chi connectivity index (χ1v) is 6.11. The second-order valence-electron chi connectivity index (χ2n) is 4.37. The van der Waals surface area contributed by atoms with Gasteiger partial charge in [-0.2, -0.15) is 0 Å². The van der Waals surface area contributed by atoms with E-state index < -0.39 is 0 Å². The van der Waals surface area contributed by atoms with E-state index in [4.69, 9.17) is 17.3 Å². The van der Waals surface area contributed by atoms with E-state index in [1.807, 2.05) is 35.8 Å². The molecule has 1 heterocycles. The lowest BCUT2D eigenvalue weighted by Crippen LogP contribution is -2.20. The zero-order chi connectivity index (χ0) is 13.3. The summed E-state index contributed by atoms with van der Waals surface area (Å²) in [5.74, 6) is 0. The number of benzene rings is 1. The molecule has 0 amide bonds. The third-order valence-corrected chi connectivity index (χ3v) is 3.08. The van der Waals surface area contributed by atoms with Crippen LogP contribution in [0.3, 0.4) is 0 Å². The predicted molar refractivity (Wildman–Crippen MR) is 74.4 cm³/mol. The molecule has 0 radical (unpaired) electrons. The molecule has 0 saturated heterocycles. The van der Waals surface area contributed by atoms with Gasteiger partial charge in [-0.3, -0.25) is 4.79 Å². The summed E-state index contributed by atoms with van der Waals surface area (Å²) in [6, 6.07) is 8.79. The van der Waals surface area contributed by atoms with E-state index in [-0.39, 0.29) is 11.5 Å². The van der Waals surface area contributed by atoms with Crippen molar-refractivity contribution in [2.24, 2.45) is 5.73 Å². The number of hydrogen-bond donors (Lipinski definition) is 1. The maximum Gasteiger partial charge on any atom is 0.186 e. The SMILES string of the molecule is Cc1cc(=O)c(C(C)N)cn1-c1cccc(Cl)c1. The number of rotatable bonds is 2. The summed E-state index contributed by atoms with van der Waals surface area (Å²) >= 11 is 5.98. The van der Waals surface area contributed by atoms with Crippen molar-refractivity contribution in [1.82, 2.24) is 4.57 Å². The van der Waals surface area contributed by atoms with Crippen LogP contribution in [0.25, 0.3) is 5.69 Å². The van der Waals surface area contributed by atoms with Gasteiger partial charge in [-0.1, -0.05) is 17.7 Å². The minimum absolute atomic E-state index is 0.0271. The van der Waals surface area contributed by atoms with E-state index in [1.165, 1.54) is 0 Å². The van der Waals surface area contributed by atoms with Crippen LogP contribution in [-0.4, -0.2) is 4.57 Å². The van der Waals surface area contributed by atoms with Crippen molar-refractivity contribution in [2.45, 2.75) is 19.9 Å². The van der Waals surface area contributed by atoms with E-state index in [2.05, 4.69) is 0 Å². The molecule has 4 heteroatoms. The van der Waals surface area contributed by atoms with Crippen LogP contribution < -0.4 is 11.2 Å². The summed E-state index contributed by atoms with van der Waals surface area (Å²) in [5, 5.41) is 0.660. The van der Waals surface area contributed by atoms with E-state index >= 15 is 0 Å². The van der Waals surface area contributed by atoms with E-state index in [0.717, 1.165) is 11.4 Å². The Morgan fingerprint density at radius 2 is 2.06 bits per heavy atom. The summed E-state index contributed by atoms with van der Waals surface area (Å²) in [4.78, 5) is 11.8. The lowest BCUT2D eigenvalue weighted by Gasteiger charge is -2.14. The number of pyridine rings is 1. The number of aromatic nitrogens is 1. The van der Waals surface area contributed by atoms with Crippen molar-refractivity contribution in [3.63, 3.8) is 0 Å². The van der Waals surface area contributed by atoms with Gasteiger partial charge in [-0.25, -0.2) is 0 Å². The first-order valence-electron chi connectivity index (χ1n) is 5.74. The molecule has 0 bridgehead atoms. The lowest BCUT2D eigenvalue weighted by molar-refractivity contribution is 0.786. The summed E-state index contributed by atoms with van der Waals surface area (Å²) < 4.78 is 1.92. The number of hydrogen-bond acceptors (Lipinski definition) is 2.